The van der Waals surface area contributed by atoms with Crippen molar-refractivity contribution in [2.45, 2.75) is 6.92 Å². The monoisotopic (exact) mass is 419 g/mol. The zero-order chi connectivity index (χ0) is 21.1. The molecule has 6 nitrogen and oxygen atoms in total. The van der Waals surface area contributed by atoms with E-state index in [2.05, 4.69) is 15.5 Å². The molecule has 0 aliphatic rings. The molecule has 1 heterocycles. The zero-order valence-electron chi connectivity index (χ0n) is 16.3. The molecule has 0 saturated carbocycles. The molecule has 7 heteroatoms. The van der Waals surface area contributed by atoms with Gasteiger partial charge in [-0.25, -0.2) is 0 Å². The first kappa shape index (κ1) is 19.7. The van der Waals surface area contributed by atoms with Crippen molar-refractivity contribution < 1.29 is 13.9 Å². The van der Waals surface area contributed by atoms with E-state index >= 15 is 0 Å². The van der Waals surface area contributed by atoms with Crippen molar-refractivity contribution in [2.75, 3.05) is 12.4 Å². The Morgan fingerprint density at radius 3 is 2.40 bits per heavy atom. The van der Waals surface area contributed by atoms with Crippen molar-refractivity contribution in [3.63, 3.8) is 0 Å². The van der Waals surface area contributed by atoms with Gasteiger partial charge < -0.3 is 14.5 Å². The quantitative estimate of drug-likeness (QED) is 0.453. The largest absolute Gasteiger partial charge is 0.496 e. The standard InChI is InChI=1S/C23H18ClN3O3/c1-14-4-3-5-16(12-14)23-27-26-22(30-23)15-6-9-18(10-7-15)25-21(28)19-13-17(24)8-11-20(19)29-2/h3-13H,1-2H3,(H,25,28). The number of aryl methyl sites for hydroxylation is 1. The van der Waals surface area contributed by atoms with E-state index in [1.807, 2.05) is 31.2 Å². The molecule has 0 bridgehead atoms. The summed E-state index contributed by atoms with van der Waals surface area (Å²) in [5, 5.41) is 11.5. The molecular weight excluding hydrogens is 402 g/mol. The van der Waals surface area contributed by atoms with Gasteiger partial charge in [-0.15, -0.1) is 10.2 Å². The fourth-order valence-corrected chi connectivity index (χ4v) is 3.16. The first-order valence-electron chi connectivity index (χ1n) is 9.19. The second-order valence-electron chi connectivity index (χ2n) is 6.66. The van der Waals surface area contributed by atoms with Crippen molar-refractivity contribution in [1.82, 2.24) is 10.2 Å². The van der Waals surface area contributed by atoms with Crippen molar-refractivity contribution in [3.05, 3.63) is 82.9 Å². The van der Waals surface area contributed by atoms with Crippen LogP contribution in [0, 0.1) is 6.92 Å². The van der Waals surface area contributed by atoms with Crippen molar-refractivity contribution in [3.8, 4) is 28.7 Å². The van der Waals surface area contributed by atoms with Crippen LogP contribution >= 0.6 is 11.6 Å². The van der Waals surface area contributed by atoms with Crippen LogP contribution < -0.4 is 10.1 Å². The van der Waals surface area contributed by atoms with Crippen LogP contribution in [-0.4, -0.2) is 23.2 Å². The van der Waals surface area contributed by atoms with Gasteiger partial charge in [-0.1, -0.05) is 29.3 Å². The fraction of sp³-hybridized carbons (Fsp3) is 0.0870. The number of ether oxygens (including phenoxy) is 1. The molecule has 0 atom stereocenters. The van der Waals surface area contributed by atoms with Gasteiger partial charge in [-0.05, 0) is 61.5 Å². The molecule has 30 heavy (non-hydrogen) atoms. The van der Waals surface area contributed by atoms with Crippen LogP contribution in [0.2, 0.25) is 5.02 Å². The number of hydrogen-bond acceptors (Lipinski definition) is 5. The summed E-state index contributed by atoms with van der Waals surface area (Å²) < 4.78 is 11.0. The average Bonchev–Trinajstić information content (AvgIpc) is 3.24. The number of carbonyl (C=O) groups excluding carboxylic acids is 1. The Bertz CT molecular complexity index is 1200. The lowest BCUT2D eigenvalue weighted by molar-refractivity contribution is 0.102. The van der Waals surface area contributed by atoms with E-state index in [0.717, 1.165) is 16.7 Å². The average molecular weight is 420 g/mol. The lowest BCUT2D eigenvalue weighted by atomic mass is 10.1. The van der Waals surface area contributed by atoms with Crippen LogP contribution in [0.4, 0.5) is 5.69 Å². The van der Waals surface area contributed by atoms with Gasteiger partial charge in [0.25, 0.3) is 5.91 Å². The topological polar surface area (TPSA) is 77.2 Å². The van der Waals surface area contributed by atoms with E-state index in [1.165, 1.54) is 7.11 Å². The van der Waals surface area contributed by atoms with Gasteiger partial charge in [0.05, 0.1) is 12.7 Å². The van der Waals surface area contributed by atoms with Gasteiger partial charge in [0.1, 0.15) is 5.75 Å². The van der Waals surface area contributed by atoms with Crippen LogP contribution in [0.15, 0.2) is 71.1 Å². The van der Waals surface area contributed by atoms with Gasteiger partial charge in [0, 0.05) is 21.8 Å². The number of aromatic nitrogens is 2. The first-order chi connectivity index (χ1) is 14.5. The highest BCUT2D eigenvalue weighted by molar-refractivity contribution is 6.31. The molecule has 0 saturated heterocycles. The van der Waals surface area contributed by atoms with E-state index in [4.69, 9.17) is 20.8 Å². The third-order valence-corrected chi connectivity index (χ3v) is 4.72. The Kier molecular flexibility index (Phi) is 5.50. The lowest BCUT2D eigenvalue weighted by Gasteiger charge is -2.10. The Balaban J connectivity index is 1.51. The number of hydrogen-bond donors (Lipinski definition) is 1. The van der Waals surface area contributed by atoms with E-state index in [-0.39, 0.29) is 5.91 Å². The number of nitrogens with one attached hydrogen (secondary N) is 1. The summed E-state index contributed by atoms with van der Waals surface area (Å²) >= 11 is 6.01. The predicted molar refractivity (Wildman–Crippen MR) is 116 cm³/mol. The SMILES string of the molecule is COc1ccc(Cl)cc1C(=O)Nc1ccc(-c2nnc(-c3cccc(C)c3)o2)cc1. The molecule has 0 radical (unpaired) electrons. The highest BCUT2D eigenvalue weighted by atomic mass is 35.5. The Hall–Kier alpha value is -3.64. The second-order valence-corrected chi connectivity index (χ2v) is 7.09. The Morgan fingerprint density at radius 2 is 1.70 bits per heavy atom. The minimum atomic E-state index is -0.318. The van der Waals surface area contributed by atoms with Crippen molar-refractivity contribution in [2.24, 2.45) is 0 Å². The van der Waals surface area contributed by atoms with E-state index in [1.54, 1.807) is 42.5 Å². The summed E-state index contributed by atoms with van der Waals surface area (Å²) in [5.74, 6) is 0.990. The van der Waals surface area contributed by atoms with Crippen LogP contribution in [0.3, 0.4) is 0 Å². The normalized spacial score (nSPS) is 10.6. The van der Waals surface area contributed by atoms with E-state index in [0.29, 0.717) is 33.8 Å². The van der Waals surface area contributed by atoms with E-state index < -0.39 is 0 Å². The molecule has 3 aromatic carbocycles. The predicted octanol–water partition coefficient (Wildman–Crippen LogP) is 5.63. The van der Waals surface area contributed by atoms with Crippen LogP contribution in [0.1, 0.15) is 15.9 Å². The molecule has 0 spiro atoms. The zero-order valence-corrected chi connectivity index (χ0v) is 17.1. The molecule has 4 rings (SSSR count). The van der Waals surface area contributed by atoms with Gasteiger partial charge in [-0.3, -0.25) is 4.79 Å². The van der Waals surface area contributed by atoms with Crippen LogP contribution in [0.25, 0.3) is 22.9 Å². The third-order valence-electron chi connectivity index (χ3n) is 4.49. The highest BCUT2D eigenvalue weighted by Gasteiger charge is 2.14. The Labute approximate surface area is 178 Å². The maximum atomic E-state index is 12.6. The summed E-state index contributed by atoms with van der Waals surface area (Å²) in [7, 11) is 1.50. The number of carbonyl (C=O) groups is 1. The molecule has 0 fully saturated rings. The minimum absolute atomic E-state index is 0.318. The van der Waals surface area contributed by atoms with Gasteiger partial charge in [0.2, 0.25) is 11.8 Å². The van der Waals surface area contributed by atoms with Gasteiger partial charge in [0.15, 0.2) is 0 Å². The second kappa shape index (κ2) is 8.39. The molecular formula is C23H18ClN3O3. The molecule has 150 valence electrons. The molecule has 1 amide bonds. The summed E-state index contributed by atoms with van der Waals surface area (Å²) in [6.07, 6.45) is 0. The number of halogens is 1. The van der Waals surface area contributed by atoms with Crippen molar-refractivity contribution >= 4 is 23.2 Å². The third kappa shape index (κ3) is 4.18. The minimum Gasteiger partial charge on any atom is -0.496 e. The molecule has 1 N–H and O–H groups in total. The number of anilines is 1. The van der Waals surface area contributed by atoms with Gasteiger partial charge in [-0.2, -0.15) is 0 Å². The van der Waals surface area contributed by atoms with Gasteiger partial charge >= 0.3 is 0 Å². The molecule has 1 aromatic heterocycles. The molecule has 0 unspecified atom stereocenters. The summed E-state index contributed by atoms with van der Waals surface area (Å²) in [5.41, 5.74) is 3.70. The highest BCUT2D eigenvalue weighted by Crippen LogP contribution is 2.27. The lowest BCUT2D eigenvalue weighted by Crippen LogP contribution is -2.13. The maximum absolute atomic E-state index is 12.6. The summed E-state index contributed by atoms with van der Waals surface area (Å²) in [4.78, 5) is 12.6. The Morgan fingerprint density at radius 1 is 0.967 bits per heavy atom. The first-order valence-corrected chi connectivity index (χ1v) is 9.57. The van der Waals surface area contributed by atoms with Crippen molar-refractivity contribution in [1.29, 1.82) is 0 Å². The van der Waals surface area contributed by atoms with Crippen LogP contribution in [0.5, 0.6) is 5.75 Å². The number of amides is 1. The smallest absolute Gasteiger partial charge is 0.259 e. The van der Waals surface area contributed by atoms with Crippen LogP contribution in [-0.2, 0) is 0 Å². The summed E-state index contributed by atoms with van der Waals surface area (Å²) in [6.45, 7) is 2.01. The number of nitrogens with zero attached hydrogens (tertiary/aromatic N) is 2. The number of benzene rings is 3. The molecule has 4 aromatic rings. The summed E-state index contributed by atoms with van der Waals surface area (Å²) in [6, 6.07) is 19.9. The molecule has 0 aliphatic carbocycles. The fourth-order valence-electron chi connectivity index (χ4n) is 2.99. The maximum Gasteiger partial charge on any atom is 0.259 e. The molecule has 0 aliphatic heterocycles. The van der Waals surface area contributed by atoms with E-state index in [9.17, 15) is 4.79 Å². The number of rotatable bonds is 5. The number of methoxy groups -OCH3 is 1.